The van der Waals surface area contributed by atoms with Gasteiger partial charge in [0.15, 0.2) is 9.84 Å². The fraction of sp³-hybridized carbons (Fsp3) is 0.150. The van der Waals surface area contributed by atoms with Crippen LogP contribution < -0.4 is 10.6 Å². The molecule has 0 aliphatic heterocycles. The van der Waals surface area contributed by atoms with Gasteiger partial charge in [-0.3, -0.25) is 14.6 Å². The van der Waals surface area contributed by atoms with Gasteiger partial charge < -0.3 is 10.6 Å². The van der Waals surface area contributed by atoms with E-state index in [1.54, 1.807) is 60.1 Å². The first kappa shape index (κ1) is 20.7. The lowest BCUT2D eigenvalue weighted by atomic mass is 10.3. The van der Waals surface area contributed by atoms with E-state index in [2.05, 4.69) is 15.6 Å². The molecule has 1 atom stereocenters. The number of thiophene rings is 1. The van der Waals surface area contributed by atoms with Crippen molar-refractivity contribution in [3.8, 4) is 0 Å². The largest absolute Gasteiger partial charge is 0.346 e. The van der Waals surface area contributed by atoms with Crippen molar-refractivity contribution in [3.63, 3.8) is 0 Å². The molecule has 0 saturated heterocycles. The summed E-state index contributed by atoms with van der Waals surface area (Å²) in [5.74, 6) is -1.75. The number of benzene rings is 1. The molecule has 2 N–H and O–H groups in total. The van der Waals surface area contributed by atoms with E-state index in [9.17, 15) is 18.0 Å². The summed E-state index contributed by atoms with van der Waals surface area (Å²) in [4.78, 5) is 29.0. The molecule has 150 valence electrons. The molecule has 0 aliphatic rings. The van der Waals surface area contributed by atoms with Gasteiger partial charge in [-0.1, -0.05) is 30.3 Å². The Bertz CT molecular complexity index is 1050. The highest BCUT2D eigenvalue weighted by molar-refractivity contribution is 7.91. The van der Waals surface area contributed by atoms with E-state index in [1.807, 2.05) is 0 Å². The van der Waals surface area contributed by atoms with Crippen LogP contribution in [0.15, 0.2) is 77.1 Å². The number of rotatable bonds is 7. The number of hydrogen-bond acceptors (Lipinski definition) is 6. The number of carbonyl (C=O) groups excluding carboxylic acids is 2. The Balaban J connectivity index is 1.67. The molecule has 0 fully saturated rings. The topological polar surface area (TPSA) is 105 Å². The molecule has 7 nitrogen and oxygen atoms in total. The van der Waals surface area contributed by atoms with Crippen molar-refractivity contribution in [2.24, 2.45) is 0 Å². The minimum atomic E-state index is -3.75. The maximum Gasteiger partial charge on any atom is 0.309 e. The van der Waals surface area contributed by atoms with Crippen molar-refractivity contribution < 1.29 is 18.0 Å². The fourth-order valence-electron chi connectivity index (χ4n) is 2.63. The lowest BCUT2D eigenvalue weighted by Gasteiger charge is -2.17. The van der Waals surface area contributed by atoms with Crippen LogP contribution in [0.25, 0.3) is 0 Å². The Hall–Kier alpha value is -3.04. The molecule has 2 amide bonds. The number of nitrogens with one attached hydrogen (secondary N) is 2. The number of nitrogens with zero attached hydrogens (tertiary/aromatic N) is 1. The zero-order valence-electron chi connectivity index (χ0n) is 15.3. The van der Waals surface area contributed by atoms with Crippen molar-refractivity contribution in [2.75, 3.05) is 6.54 Å². The molecule has 2 heterocycles. The zero-order valence-corrected chi connectivity index (χ0v) is 16.9. The SMILES string of the molecule is O=C(NCc1ccccn1)C(=O)NC[C@H](c1cccs1)S(=O)(=O)c1ccccc1. The Labute approximate surface area is 172 Å². The summed E-state index contributed by atoms with van der Waals surface area (Å²) in [6.45, 7) is -0.114. The van der Waals surface area contributed by atoms with Crippen LogP contribution in [0.1, 0.15) is 15.8 Å². The third-order valence-electron chi connectivity index (χ3n) is 4.12. The number of sulfone groups is 1. The summed E-state index contributed by atoms with van der Waals surface area (Å²) in [6.07, 6.45) is 1.58. The second kappa shape index (κ2) is 9.44. The quantitative estimate of drug-likeness (QED) is 0.560. The predicted molar refractivity (Wildman–Crippen MR) is 110 cm³/mol. The number of aromatic nitrogens is 1. The smallest absolute Gasteiger partial charge is 0.309 e. The molecule has 2 aromatic heterocycles. The van der Waals surface area contributed by atoms with Crippen molar-refractivity contribution in [3.05, 3.63) is 82.8 Å². The van der Waals surface area contributed by atoms with Gasteiger partial charge in [-0.05, 0) is 35.7 Å². The van der Waals surface area contributed by atoms with Crippen LogP contribution in [-0.2, 0) is 26.0 Å². The first-order chi connectivity index (χ1) is 14.0. The summed E-state index contributed by atoms with van der Waals surface area (Å²) >= 11 is 1.28. The molecule has 9 heteroatoms. The number of carbonyl (C=O) groups is 2. The van der Waals surface area contributed by atoms with E-state index in [4.69, 9.17) is 0 Å². The lowest BCUT2D eigenvalue weighted by molar-refractivity contribution is -0.139. The van der Waals surface area contributed by atoms with Crippen LogP contribution in [0.2, 0.25) is 0 Å². The molecular formula is C20H19N3O4S2. The van der Waals surface area contributed by atoms with E-state index in [0.717, 1.165) is 0 Å². The third kappa shape index (κ3) is 5.27. The normalized spacial score (nSPS) is 12.1. The van der Waals surface area contributed by atoms with Gasteiger partial charge >= 0.3 is 11.8 Å². The monoisotopic (exact) mass is 429 g/mol. The van der Waals surface area contributed by atoms with E-state index in [-0.39, 0.29) is 18.0 Å². The third-order valence-corrected chi connectivity index (χ3v) is 7.35. The summed E-state index contributed by atoms with van der Waals surface area (Å²) < 4.78 is 26.1. The van der Waals surface area contributed by atoms with E-state index in [1.165, 1.54) is 23.5 Å². The summed E-state index contributed by atoms with van der Waals surface area (Å²) in [5.41, 5.74) is 0.608. The number of amides is 2. The van der Waals surface area contributed by atoms with Gasteiger partial charge in [0, 0.05) is 17.6 Å². The van der Waals surface area contributed by atoms with Crippen LogP contribution in [0, 0.1) is 0 Å². The average Bonchev–Trinajstić information content (AvgIpc) is 3.27. The Kier molecular flexibility index (Phi) is 6.73. The van der Waals surface area contributed by atoms with Crippen LogP contribution in [-0.4, -0.2) is 31.8 Å². The Morgan fingerprint density at radius 1 is 0.931 bits per heavy atom. The van der Waals surface area contributed by atoms with Crippen LogP contribution in [0.5, 0.6) is 0 Å². The minimum Gasteiger partial charge on any atom is -0.346 e. The maximum atomic E-state index is 13.1. The van der Waals surface area contributed by atoms with Crippen molar-refractivity contribution >= 4 is 33.0 Å². The summed E-state index contributed by atoms with van der Waals surface area (Å²) in [5, 5.41) is 5.69. The summed E-state index contributed by atoms with van der Waals surface area (Å²) in [6, 6.07) is 16.7. The summed E-state index contributed by atoms with van der Waals surface area (Å²) in [7, 11) is -3.75. The molecule has 3 aromatic rings. The van der Waals surface area contributed by atoms with Crippen molar-refractivity contribution in [2.45, 2.75) is 16.7 Å². The van der Waals surface area contributed by atoms with Gasteiger partial charge in [-0.15, -0.1) is 11.3 Å². The molecular weight excluding hydrogens is 410 g/mol. The van der Waals surface area contributed by atoms with Gasteiger partial charge in [0.1, 0.15) is 5.25 Å². The lowest BCUT2D eigenvalue weighted by Crippen LogP contribution is -2.42. The highest BCUT2D eigenvalue weighted by Gasteiger charge is 2.31. The van der Waals surface area contributed by atoms with Gasteiger partial charge in [0.2, 0.25) is 0 Å². The number of hydrogen-bond donors (Lipinski definition) is 2. The molecule has 0 bridgehead atoms. The zero-order chi connectivity index (χ0) is 20.7. The molecule has 29 heavy (non-hydrogen) atoms. The molecule has 0 aliphatic carbocycles. The van der Waals surface area contributed by atoms with E-state index >= 15 is 0 Å². The Morgan fingerprint density at radius 2 is 1.66 bits per heavy atom. The van der Waals surface area contributed by atoms with Crippen molar-refractivity contribution in [1.82, 2.24) is 15.6 Å². The minimum absolute atomic E-state index is 0.101. The van der Waals surface area contributed by atoms with E-state index < -0.39 is 26.9 Å². The predicted octanol–water partition coefficient (Wildman–Crippen LogP) is 2.09. The standard InChI is InChI=1S/C20H19N3O4S2/c24-19(22-13-15-7-4-5-11-21-15)20(25)23-14-18(17-10-6-12-28-17)29(26,27)16-8-2-1-3-9-16/h1-12,18H,13-14H2,(H,22,24)(H,23,25)/t18-/m1/s1. The highest BCUT2D eigenvalue weighted by atomic mass is 32.2. The highest BCUT2D eigenvalue weighted by Crippen LogP contribution is 2.31. The number of pyridine rings is 1. The van der Waals surface area contributed by atoms with Crippen LogP contribution in [0.4, 0.5) is 0 Å². The van der Waals surface area contributed by atoms with Gasteiger partial charge in [0.05, 0.1) is 17.1 Å². The van der Waals surface area contributed by atoms with Crippen molar-refractivity contribution in [1.29, 1.82) is 0 Å². The average molecular weight is 430 g/mol. The first-order valence-electron chi connectivity index (χ1n) is 8.77. The Morgan fingerprint density at radius 3 is 2.31 bits per heavy atom. The van der Waals surface area contributed by atoms with Crippen LogP contribution >= 0.6 is 11.3 Å². The van der Waals surface area contributed by atoms with Crippen LogP contribution in [0.3, 0.4) is 0 Å². The first-order valence-corrected chi connectivity index (χ1v) is 11.2. The van der Waals surface area contributed by atoms with Gasteiger partial charge in [-0.25, -0.2) is 8.42 Å². The molecule has 1 aromatic carbocycles. The van der Waals surface area contributed by atoms with Gasteiger partial charge in [-0.2, -0.15) is 0 Å². The maximum absolute atomic E-state index is 13.1. The second-order valence-electron chi connectivity index (χ2n) is 6.08. The molecule has 0 unspecified atom stereocenters. The molecule has 0 saturated carbocycles. The second-order valence-corrected chi connectivity index (χ2v) is 9.19. The van der Waals surface area contributed by atoms with Gasteiger partial charge in [0.25, 0.3) is 0 Å². The fourth-order valence-corrected chi connectivity index (χ4v) is 5.44. The van der Waals surface area contributed by atoms with E-state index in [0.29, 0.717) is 10.6 Å². The molecule has 0 radical (unpaired) electrons. The molecule has 0 spiro atoms. The molecule has 3 rings (SSSR count).